The molecule has 5 nitrogen and oxygen atoms in total. The highest BCUT2D eigenvalue weighted by atomic mass is 19.1. The maximum Gasteiger partial charge on any atom is 0.259 e. The largest absolute Gasteiger partial charge is 0.325 e. The van der Waals surface area contributed by atoms with Crippen molar-refractivity contribution in [2.24, 2.45) is 0 Å². The summed E-state index contributed by atoms with van der Waals surface area (Å²) in [7, 11) is 0. The zero-order valence-electron chi connectivity index (χ0n) is 12.1. The number of rotatable bonds is 5. The number of amides is 2. The molecule has 1 aromatic heterocycles. The number of pyridine rings is 1. The van der Waals surface area contributed by atoms with Crippen molar-refractivity contribution in [2.75, 3.05) is 10.6 Å². The van der Waals surface area contributed by atoms with E-state index in [-0.39, 0.29) is 17.3 Å². The van der Waals surface area contributed by atoms with Crippen LogP contribution in [0.4, 0.5) is 15.9 Å². The summed E-state index contributed by atoms with van der Waals surface area (Å²) in [6.07, 6.45) is 2.63. The number of halogens is 1. The van der Waals surface area contributed by atoms with Crippen LogP contribution in [0.25, 0.3) is 0 Å². The van der Waals surface area contributed by atoms with Crippen LogP contribution < -0.4 is 10.6 Å². The smallest absolute Gasteiger partial charge is 0.259 e. The van der Waals surface area contributed by atoms with Crippen LogP contribution in [0.5, 0.6) is 0 Å². The van der Waals surface area contributed by atoms with Gasteiger partial charge < -0.3 is 10.6 Å². The minimum atomic E-state index is -0.594. The van der Waals surface area contributed by atoms with Gasteiger partial charge in [-0.1, -0.05) is 19.1 Å². The highest BCUT2D eigenvalue weighted by molar-refractivity contribution is 6.04. The van der Waals surface area contributed by atoms with Crippen LogP contribution >= 0.6 is 0 Å². The molecule has 0 bridgehead atoms. The summed E-state index contributed by atoms with van der Waals surface area (Å²) in [5.74, 6) is -0.981. The van der Waals surface area contributed by atoms with Crippen molar-refractivity contribution >= 4 is 23.3 Å². The van der Waals surface area contributed by atoms with Crippen LogP contribution in [-0.4, -0.2) is 16.8 Å². The number of carbonyl (C=O) groups is 2. The summed E-state index contributed by atoms with van der Waals surface area (Å²) in [6.45, 7) is 1.92. The molecule has 0 atom stereocenters. The first-order valence-electron chi connectivity index (χ1n) is 6.92. The molecule has 1 aromatic carbocycles. The molecule has 0 unspecified atom stereocenters. The lowest BCUT2D eigenvalue weighted by atomic mass is 10.2. The third-order valence-electron chi connectivity index (χ3n) is 2.88. The second-order valence-electron chi connectivity index (χ2n) is 4.66. The van der Waals surface area contributed by atoms with Crippen LogP contribution in [0.3, 0.4) is 0 Å². The van der Waals surface area contributed by atoms with E-state index in [4.69, 9.17) is 0 Å². The van der Waals surface area contributed by atoms with Crippen LogP contribution in [0.1, 0.15) is 30.1 Å². The quantitative estimate of drug-likeness (QED) is 0.890. The lowest BCUT2D eigenvalue weighted by Gasteiger charge is -2.07. The monoisotopic (exact) mass is 301 g/mol. The first kappa shape index (κ1) is 15.6. The van der Waals surface area contributed by atoms with E-state index in [2.05, 4.69) is 15.6 Å². The van der Waals surface area contributed by atoms with Crippen molar-refractivity contribution in [1.29, 1.82) is 0 Å². The molecule has 2 aromatic rings. The third kappa shape index (κ3) is 4.12. The molecule has 114 valence electrons. The standard InChI is InChI=1S/C16H16FN3O2/c1-2-5-15(21)19-11-8-9-14(18-10-11)20-16(22)12-6-3-4-7-13(12)17/h3-4,6-10H,2,5H2,1H3,(H,19,21)(H,18,20,22). The highest BCUT2D eigenvalue weighted by Gasteiger charge is 2.11. The molecular weight excluding hydrogens is 285 g/mol. The first-order valence-corrected chi connectivity index (χ1v) is 6.92. The predicted molar refractivity (Wildman–Crippen MR) is 82.1 cm³/mol. The normalized spacial score (nSPS) is 10.1. The van der Waals surface area contributed by atoms with E-state index >= 15 is 0 Å². The number of hydrogen-bond acceptors (Lipinski definition) is 3. The first-order chi connectivity index (χ1) is 10.6. The molecule has 0 aliphatic heterocycles. The van der Waals surface area contributed by atoms with Gasteiger partial charge in [-0.25, -0.2) is 9.37 Å². The van der Waals surface area contributed by atoms with Gasteiger partial charge in [-0.3, -0.25) is 9.59 Å². The van der Waals surface area contributed by atoms with Crippen molar-refractivity contribution in [1.82, 2.24) is 4.98 Å². The van der Waals surface area contributed by atoms with E-state index < -0.39 is 11.7 Å². The Bertz CT molecular complexity index is 671. The fourth-order valence-electron chi connectivity index (χ4n) is 1.82. The van der Waals surface area contributed by atoms with E-state index in [1.54, 1.807) is 18.2 Å². The van der Waals surface area contributed by atoms with Gasteiger partial charge in [-0.15, -0.1) is 0 Å². The molecule has 0 saturated carbocycles. The molecule has 0 radical (unpaired) electrons. The van der Waals surface area contributed by atoms with Gasteiger partial charge in [0.1, 0.15) is 11.6 Å². The van der Waals surface area contributed by atoms with E-state index in [1.165, 1.54) is 24.4 Å². The second kappa shape index (κ2) is 7.31. The van der Waals surface area contributed by atoms with Gasteiger partial charge in [0.2, 0.25) is 5.91 Å². The summed E-state index contributed by atoms with van der Waals surface area (Å²) in [6, 6.07) is 8.87. The molecule has 2 amide bonds. The lowest BCUT2D eigenvalue weighted by Crippen LogP contribution is -2.15. The van der Waals surface area contributed by atoms with Gasteiger partial charge in [0, 0.05) is 6.42 Å². The Morgan fingerprint density at radius 2 is 1.91 bits per heavy atom. The molecule has 22 heavy (non-hydrogen) atoms. The molecule has 1 heterocycles. The van der Waals surface area contributed by atoms with Crippen LogP contribution in [0.2, 0.25) is 0 Å². The Labute approximate surface area is 127 Å². The zero-order valence-corrected chi connectivity index (χ0v) is 12.1. The summed E-state index contributed by atoms with van der Waals surface area (Å²) < 4.78 is 13.5. The Balaban J connectivity index is 2.01. The predicted octanol–water partition coefficient (Wildman–Crippen LogP) is 3.21. The SMILES string of the molecule is CCCC(=O)Nc1ccc(NC(=O)c2ccccc2F)nc1. The Morgan fingerprint density at radius 1 is 1.14 bits per heavy atom. The average molecular weight is 301 g/mol. The Hall–Kier alpha value is -2.76. The molecule has 0 fully saturated rings. The minimum absolute atomic E-state index is 0.0513. The zero-order chi connectivity index (χ0) is 15.9. The molecule has 0 saturated heterocycles. The van der Waals surface area contributed by atoms with Gasteiger partial charge in [-0.05, 0) is 30.7 Å². The summed E-state index contributed by atoms with van der Waals surface area (Å²) in [5.41, 5.74) is 0.493. The number of benzene rings is 1. The Kier molecular flexibility index (Phi) is 5.19. The van der Waals surface area contributed by atoms with Gasteiger partial charge in [-0.2, -0.15) is 0 Å². The van der Waals surface area contributed by atoms with Gasteiger partial charge in [0.25, 0.3) is 5.91 Å². The van der Waals surface area contributed by atoms with E-state index in [0.717, 1.165) is 6.42 Å². The van der Waals surface area contributed by atoms with E-state index in [0.29, 0.717) is 12.1 Å². The highest BCUT2D eigenvalue weighted by Crippen LogP contribution is 2.13. The van der Waals surface area contributed by atoms with Crippen molar-refractivity contribution in [3.8, 4) is 0 Å². The van der Waals surface area contributed by atoms with Crippen molar-refractivity contribution < 1.29 is 14.0 Å². The van der Waals surface area contributed by atoms with Crippen molar-refractivity contribution in [3.63, 3.8) is 0 Å². The Morgan fingerprint density at radius 3 is 2.55 bits per heavy atom. The molecule has 2 rings (SSSR count). The molecule has 0 aliphatic carbocycles. The number of nitrogens with zero attached hydrogens (tertiary/aromatic N) is 1. The van der Waals surface area contributed by atoms with Gasteiger partial charge in [0.15, 0.2) is 0 Å². The van der Waals surface area contributed by atoms with Crippen LogP contribution in [-0.2, 0) is 4.79 Å². The van der Waals surface area contributed by atoms with Crippen LogP contribution in [0, 0.1) is 5.82 Å². The number of anilines is 2. The fraction of sp³-hybridized carbons (Fsp3) is 0.188. The molecule has 6 heteroatoms. The molecule has 0 aliphatic rings. The number of nitrogens with one attached hydrogen (secondary N) is 2. The fourth-order valence-corrected chi connectivity index (χ4v) is 1.82. The van der Waals surface area contributed by atoms with E-state index in [9.17, 15) is 14.0 Å². The molecule has 2 N–H and O–H groups in total. The summed E-state index contributed by atoms with van der Waals surface area (Å²) >= 11 is 0. The lowest BCUT2D eigenvalue weighted by molar-refractivity contribution is -0.116. The van der Waals surface area contributed by atoms with Crippen LogP contribution in [0.15, 0.2) is 42.6 Å². The average Bonchev–Trinajstić information content (AvgIpc) is 2.50. The third-order valence-corrected chi connectivity index (χ3v) is 2.88. The van der Waals surface area contributed by atoms with Gasteiger partial charge >= 0.3 is 0 Å². The second-order valence-corrected chi connectivity index (χ2v) is 4.66. The van der Waals surface area contributed by atoms with Crippen molar-refractivity contribution in [2.45, 2.75) is 19.8 Å². The minimum Gasteiger partial charge on any atom is -0.325 e. The topological polar surface area (TPSA) is 71.1 Å². The number of carbonyl (C=O) groups excluding carboxylic acids is 2. The summed E-state index contributed by atoms with van der Waals surface area (Å²) in [4.78, 5) is 27.4. The number of hydrogen-bond donors (Lipinski definition) is 2. The maximum absolute atomic E-state index is 13.5. The molecule has 0 spiro atoms. The van der Waals surface area contributed by atoms with E-state index in [1.807, 2.05) is 6.92 Å². The maximum atomic E-state index is 13.5. The number of aromatic nitrogens is 1. The summed E-state index contributed by atoms with van der Waals surface area (Å²) in [5, 5.41) is 5.19. The van der Waals surface area contributed by atoms with Gasteiger partial charge in [0.05, 0.1) is 17.4 Å². The van der Waals surface area contributed by atoms with Crippen molar-refractivity contribution in [3.05, 3.63) is 54.0 Å². The molecular formula is C16H16FN3O2.